The highest BCUT2D eigenvalue weighted by Crippen LogP contribution is 2.34. The van der Waals surface area contributed by atoms with Gasteiger partial charge in [-0.05, 0) is 37.0 Å². The molecule has 1 saturated carbocycles. The van der Waals surface area contributed by atoms with Crippen molar-refractivity contribution >= 4 is 5.91 Å². The van der Waals surface area contributed by atoms with Crippen LogP contribution in [0.1, 0.15) is 37.9 Å². The van der Waals surface area contributed by atoms with Gasteiger partial charge in [0.1, 0.15) is 11.9 Å². The van der Waals surface area contributed by atoms with Crippen LogP contribution in [-0.4, -0.2) is 30.5 Å². The van der Waals surface area contributed by atoms with Crippen LogP contribution in [0.4, 0.5) is 0 Å². The summed E-state index contributed by atoms with van der Waals surface area (Å²) in [7, 11) is 1.67. The lowest BCUT2D eigenvalue weighted by Crippen LogP contribution is -2.31. The molecule has 0 aromatic heterocycles. The minimum atomic E-state index is -0.106. The number of rotatable bonds is 5. The third-order valence-electron chi connectivity index (χ3n) is 4.26. The zero-order valence-corrected chi connectivity index (χ0v) is 12.1. The number of ether oxygens (including phenoxy) is 1. The van der Waals surface area contributed by atoms with Gasteiger partial charge in [-0.2, -0.15) is 0 Å². The first kappa shape index (κ1) is 13.4. The largest absolute Gasteiger partial charge is 0.497 e. The fraction of sp³-hybridized carbons (Fsp3) is 0.562. The Morgan fingerprint density at radius 1 is 1.40 bits per heavy atom. The number of nitrogens with one attached hydrogen (secondary N) is 1. The van der Waals surface area contributed by atoms with E-state index in [0.717, 1.165) is 30.2 Å². The van der Waals surface area contributed by atoms with E-state index in [4.69, 9.17) is 4.74 Å². The number of nitrogens with zero attached hydrogens (tertiary/aromatic N) is 1. The Labute approximate surface area is 120 Å². The molecule has 1 aliphatic carbocycles. The van der Waals surface area contributed by atoms with Gasteiger partial charge in [-0.3, -0.25) is 10.1 Å². The molecule has 4 heteroatoms. The maximum absolute atomic E-state index is 12.3. The van der Waals surface area contributed by atoms with Crippen molar-refractivity contribution < 1.29 is 9.53 Å². The van der Waals surface area contributed by atoms with E-state index in [1.165, 1.54) is 12.8 Å². The predicted molar refractivity (Wildman–Crippen MR) is 77.4 cm³/mol. The number of methoxy groups -OCH3 is 1. The minimum absolute atomic E-state index is 0.0219. The zero-order chi connectivity index (χ0) is 14.1. The molecule has 4 nitrogen and oxygen atoms in total. The Morgan fingerprint density at radius 3 is 2.90 bits per heavy atom. The van der Waals surface area contributed by atoms with Crippen molar-refractivity contribution in [2.24, 2.45) is 5.92 Å². The predicted octanol–water partition coefficient (Wildman–Crippen LogP) is 2.31. The van der Waals surface area contributed by atoms with Gasteiger partial charge in [-0.15, -0.1) is 0 Å². The number of hydrogen-bond donors (Lipinski definition) is 1. The van der Waals surface area contributed by atoms with Crippen LogP contribution in [0.25, 0.3) is 0 Å². The molecule has 108 valence electrons. The highest BCUT2D eigenvalue weighted by molar-refractivity contribution is 5.84. The van der Waals surface area contributed by atoms with Crippen LogP contribution >= 0.6 is 0 Å². The maximum atomic E-state index is 12.3. The van der Waals surface area contributed by atoms with Crippen LogP contribution in [0.5, 0.6) is 5.75 Å². The summed E-state index contributed by atoms with van der Waals surface area (Å²) in [6.07, 6.45) is 3.76. The van der Waals surface area contributed by atoms with Crippen LogP contribution in [-0.2, 0) is 4.79 Å². The minimum Gasteiger partial charge on any atom is -0.497 e. The molecule has 1 aliphatic heterocycles. The van der Waals surface area contributed by atoms with Gasteiger partial charge in [0.2, 0.25) is 5.91 Å². The van der Waals surface area contributed by atoms with E-state index in [2.05, 4.69) is 11.4 Å². The van der Waals surface area contributed by atoms with Gasteiger partial charge in [0.25, 0.3) is 0 Å². The van der Waals surface area contributed by atoms with Crippen molar-refractivity contribution in [1.29, 1.82) is 0 Å². The first-order valence-corrected chi connectivity index (χ1v) is 7.39. The molecule has 1 heterocycles. The monoisotopic (exact) mass is 274 g/mol. The summed E-state index contributed by atoms with van der Waals surface area (Å²) in [6, 6.07) is 7.86. The van der Waals surface area contributed by atoms with Crippen LogP contribution in [0, 0.1) is 5.92 Å². The van der Waals surface area contributed by atoms with E-state index in [0.29, 0.717) is 0 Å². The van der Waals surface area contributed by atoms with Crippen molar-refractivity contribution in [3.63, 3.8) is 0 Å². The Hall–Kier alpha value is -1.55. The lowest BCUT2D eigenvalue weighted by molar-refractivity contribution is -0.129. The second kappa shape index (κ2) is 5.44. The van der Waals surface area contributed by atoms with Gasteiger partial charge in [0.15, 0.2) is 0 Å². The molecule has 1 aromatic rings. The van der Waals surface area contributed by atoms with E-state index in [-0.39, 0.29) is 18.1 Å². The van der Waals surface area contributed by atoms with Crippen LogP contribution in [0.3, 0.4) is 0 Å². The van der Waals surface area contributed by atoms with Crippen LogP contribution < -0.4 is 10.1 Å². The lowest BCUT2D eigenvalue weighted by atomic mass is 10.1. The maximum Gasteiger partial charge on any atom is 0.241 e. The highest BCUT2D eigenvalue weighted by atomic mass is 16.5. The Morgan fingerprint density at radius 2 is 2.20 bits per heavy atom. The van der Waals surface area contributed by atoms with Crippen molar-refractivity contribution in [2.75, 3.05) is 13.7 Å². The first-order chi connectivity index (χ1) is 9.69. The number of hydrogen-bond acceptors (Lipinski definition) is 3. The molecule has 3 rings (SSSR count). The van der Waals surface area contributed by atoms with E-state index in [1.807, 2.05) is 30.0 Å². The van der Waals surface area contributed by atoms with E-state index >= 15 is 0 Å². The van der Waals surface area contributed by atoms with Gasteiger partial charge < -0.3 is 9.64 Å². The lowest BCUT2D eigenvalue weighted by Gasteiger charge is -2.25. The number of carbonyl (C=O) groups excluding carboxylic acids is 1. The van der Waals surface area contributed by atoms with Crippen LogP contribution in [0.2, 0.25) is 0 Å². The van der Waals surface area contributed by atoms with Crippen LogP contribution in [0.15, 0.2) is 24.3 Å². The molecule has 0 radical (unpaired) electrons. The van der Waals surface area contributed by atoms with Gasteiger partial charge in [-0.1, -0.05) is 25.0 Å². The molecule has 2 unspecified atom stereocenters. The molecule has 1 N–H and O–H groups in total. The molecule has 1 saturated heterocycles. The molecule has 2 atom stereocenters. The molecule has 20 heavy (non-hydrogen) atoms. The summed E-state index contributed by atoms with van der Waals surface area (Å²) in [5, 5.41) is 3.39. The molecule has 2 aliphatic rings. The molecule has 1 amide bonds. The molecular weight excluding hydrogens is 252 g/mol. The summed E-state index contributed by atoms with van der Waals surface area (Å²) in [4.78, 5) is 14.3. The van der Waals surface area contributed by atoms with Crippen molar-refractivity contribution in [3.05, 3.63) is 29.8 Å². The zero-order valence-electron chi connectivity index (χ0n) is 12.1. The van der Waals surface area contributed by atoms with Gasteiger partial charge >= 0.3 is 0 Å². The molecule has 1 aromatic carbocycles. The smallest absolute Gasteiger partial charge is 0.241 e. The fourth-order valence-electron chi connectivity index (χ4n) is 2.83. The summed E-state index contributed by atoms with van der Waals surface area (Å²) in [5.74, 6) is 1.88. The summed E-state index contributed by atoms with van der Waals surface area (Å²) < 4.78 is 5.28. The van der Waals surface area contributed by atoms with Crippen molar-refractivity contribution in [2.45, 2.75) is 38.4 Å². The Balaban J connectivity index is 1.78. The average molecular weight is 274 g/mol. The quantitative estimate of drug-likeness (QED) is 0.896. The third kappa shape index (κ3) is 2.66. The van der Waals surface area contributed by atoms with E-state index in [1.54, 1.807) is 7.11 Å². The van der Waals surface area contributed by atoms with E-state index < -0.39 is 0 Å². The fourth-order valence-corrected chi connectivity index (χ4v) is 2.83. The SMILES string of the molecule is COc1cccc(C2NC(C)C(=O)N2CCC2CC2)c1. The number of amides is 1. The van der Waals surface area contributed by atoms with Gasteiger partial charge in [-0.25, -0.2) is 0 Å². The summed E-state index contributed by atoms with van der Waals surface area (Å²) in [5.41, 5.74) is 1.10. The average Bonchev–Trinajstić information content (AvgIpc) is 3.25. The molecular formula is C16H22N2O2. The second-order valence-corrected chi connectivity index (χ2v) is 5.83. The van der Waals surface area contributed by atoms with Gasteiger partial charge in [0, 0.05) is 6.54 Å². The Bertz CT molecular complexity index is 499. The topological polar surface area (TPSA) is 41.6 Å². The normalized spacial score (nSPS) is 26.1. The Kier molecular flexibility index (Phi) is 3.66. The first-order valence-electron chi connectivity index (χ1n) is 7.39. The molecule has 0 spiro atoms. The van der Waals surface area contributed by atoms with Crippen molar-refractivity contribution in [3.8, 4) is 5.75 Å². The number of carbonyl (C=O) groups is 1. The summed E-state index contributed by atoms with van der Waals surface area (Å²) in [6.45, 7) is 2.79. The molecule has 0 bridgehead atoms. The van der Waals surface area contributed by atoms with Gasteiger partial charge in [0.05, 0.1) is 13.2 Å². The standard InChI is InChI=1S/C16H22N2O2/c1-11-16(19)18(9-8-12-6-7-12)15(17-11)13-4-3-5-14(10-13)20-2/h3-5,10-12,15,17H,6-9H2,1-2H3. The third-order valence-corrected chi connectivity index (χ3v) is 4.26. The molecule has 2 fully saturated rings. The highest BCUT2D eigenvalue weighted by Gasteiger charge is 2.37. The number of benzene rings is 1. The second-order valence-electron chi connectivity index (χ2n) is 5.83. The van der Waals surface area contributed by atoms with Crippen molar-refractivity contribution in [1.82, 2.24) is 10.2 Å². The van der Waals surface area contributed by atoms with E-state index in [9.17, 15) is 4.79 Å². The summed E-state index contributed by atoms with van der Waals surface area (Å²) >= 11 is 0.